The van der Waals surface area contributed by atoms with Crippen LogP contribution in [0.4, 0.5) is 0 Å². The van der Waals surface area contributed by atoms with Gasteiger partial charge >= 0.3 is 0 Å². The standard InChI is InChI=1S/C12H19NO/c1-4-7-13-9-11-5-6-12(14-3)10(2)8-11/h5-6,8,13H,4,7,9H2,1-3H3. The lowest BCUT2D eigenvalue weighted by Gasteiger charge is -2.07. The van der Waals surface area contributed by atoms with Gasteiger partial charge in [-0.05, 0) is 37.1 Å². The van der Waals surface area contributed by atoms with Crippen molar-refractivity contribution in [3.63, 3.8) is 0 Å². The van der Waals surface area contributed by atoms with Crippen molar-refractivity contribution in [2.75, 3.05) is 13.7 Å². The molecule has 0 spiro atoms. The molecule has 0 atom stereocenters. The minimum atomic E-state index is 0.943. The van der Waals surface area contributed by atoms with Gasteiger partial charge in [0, 0.05) is 6.54 Å². The number of hydrogen-bond donors (Lipinski definition) is 1. The summed E-state index contributed by atoms with van der Waals surface area (Å²) in [6.07, 6.45) is 1.18. The Balaban J connectivity index is 2.57. The molecule has 1 rings (SSSR count). The predicted octanol–water partition coefficient (Wildman–Crippen LogP) is 2.50. The van der Waals surface area contributed by atoms with Gasteiger partial charge in [-0.15, -0.1) is 0 Å². The molecule has 0 saturated heterocycles. The van der Waals surface area contributed by atoms with Crippen molar-refractivity contribution in [1.82, 2.24) is 5.32 Å². The lowest BCUT2D eigenvalue weighted by molar-refractivity contribution is 0.411. The average Bonchev–Trinajstić information content (AvgIpc) is 2.18. The maximum Gasteiger partial charge on any atom is 0.121 e. The first-order valence-electron chi connectivity index (χ1n) is 5.12. The van der Waals surface area contributed by atoms with Crippen LogP contribution in [0.2, 0.25) is 0 Å². The normalized spacial score (nSPS) is 10.2. The van der Waals surface area contributed by atoms with Gasteiger partial charge < -0.3 is 10.1 Å². The topological polar surface area (TPSA) is 21.3 Å². The van der Waals surface area contributed by atoms with Crippen LogP contribution in [0.5, 0.6) is 5.75 Å². The molecule has 14 heavy (non-hydrogen) atoms. The predicted molar refractivity (Wildman–Crippen MR) is 59.7 cm³/mol. The lowest BCUT2D eigenvalue weighted by Crippen LogP contribution is -2.13. The Bertz CT molecular complexity index is 284. The Hall–Kier alpha value is -1.02. The first-order valence-corrected chi connectivity index (χ1v) is 5.12. The van der Waals surface area contributed by atoms with Crippen LogP contribution in [0.25, 0.3) is 0 Å². The largest absolute Gasteiger partial charge is 0.496 e. The highest BCUT2D eigenvalue weighted by atomic mass is 16.5. The summed E-state index contributed by atoms with van der Waals surface area (Å²) in [5.41, 5.74) is 2.51. The molecule has 0 fully saturated rings. The van der Waals surface area contributed by atoms with Crippen molar-refractivity contribution in [3.8, 4) is 5.75 Å². The van der Waals surface area contributed by atoms with E-state index in [1.807, 2.05) is 6.07 Å². The van der Waals surface area contributed by atoms with Crippen molar-refractivity contribution < 1.29 is 4.74 Å². The third kappa shape index (κ3) is 3.04. The van der Waals surface area contributed by atoms with E-state index in [2.05, 4.69) is 31.3 Å². The first kappa shape index (κ1) is 11.1. The molecule has 1 aromatic carbocycles. The Kier molecular flexibility index (Phi) is 4.47. The van der Waals surface area contributed by atoms with Crippen LogP contribution >= 0.6 is 0 Å². The molecule has 0 aromatic heterocycles. The molecule has 0 unspecified atom stereocenters. The molecule has 2 nitrogen and oxygen atoms in total. The van der Waals surface area contributed by atoms with Crippen LogP contribution in [0.1, 0.15) is 24.5 Å². The number of ether oxygens (including phenoxy) is 1. The molecule has 0 aliphatic heterocycles. The second-order valence-electron chi connectivity index (χ2n) is 3.48. The first-order chi connectivity index (χ1) is 6.77. The molecular weight excluding hydrogens is 174 g/mol. The molecule has 2 heteroatoms. The van der Waals surface area contributed by atoms with E-state index in [9.17, 15) is 0 Å². The number of aryl methyl sites for hydroxylation is 1. The third-order valence-electron chi connectivity index (χ3n) is 2.22. The second-order valence-corrected chi connectivity index (χ2v) is 3.48. The maximum atomic E-state index is 5.21. The number of hydrogen-bond acceptors (Lipinski definition) is 2. The summed E-state index contributed by atoms with van der Waals surface area (Å²) in [6, 6.07) is 6.30. The van der Waals surface area contributed by atoms with Gasteiger partial charge in [0.15, 0.2) is 0 Å². The summed E-state index contributed by atoms with van der Waals surface area (Å²) >= 11 is 0. The van der Waals surface area contributed by atoms with Crippen molar-refractivity contribution in [2.45, 2.75) is 26.8 Å². The van der Waals surface area contributed by atoms with Gasteiger partial charge in [0.2, 0.25) is 0 Å². The van der Waals surface area contributed by atoms with Gasteiger partial charge in [-0.1, -0.05) is 19.1 Å². The Morgan fingerprint density at radius 1 is 1.36 bits per heavy atom. The lowest BCUT2D eigenvalue weighted by atomic mass is 10.1. The Morgan fingerprint density at radius 2 is 2.14 bits per heavy atom. The van der Waals surface area contributed by atoms with Gasteiger partial charge in [0.1, 0.15) is 5.75 Å². The third-order valence-corrected chi connectivity index (χ3v) is 2.22. The number of methoxy groups -OCH3 is 1. The summed E-state index contributed by atoms with van der Waals surface area (Å²) in [5.74, 6) is 0.962. The van der Waals surface area contributed by atoms with Gasteiger partial charge in [0.05, 0.1) is 7.11 Å². The summed E-state index contributed by atoms with van der Waals surface area (Å²) < 4.78 is 5.21. The van der Waals surface area contributed by atoms with E-state index >= 15 is 0 Å². The number of benzene rings is 1. The summed E-state index contributed by atoms with van der Waals surface area (Å²) in [4.78, 5) is 0. The molecule has 0 heterocycles. The monoisotopic (exact) mass is 193 g/mol. The van der Waals surface area contributed by atoms with Crippen molar-refractivity contribution in [2.24, 2.45) is 0 Å². The van der Waals surface area contributed by atoms with Crippen molar-refractivity contribution in [3.05, 3.63) is 29.3 Å². The van der Waals surface area contributed by atoms with Crippen molar-refractivity contribution >= 4 is 0 Å². The van der Waals surface area contributed by atoms with E-state index in [0.29, 0.717) is 0 Å². The maximum absolute atomic E-state index is 5.21. The fraction of sp³-hybridized carbons (Fsp3) is 0.500. The Morgan fingerprint density at radius 3 is 2.71 bits per heavy atom. The highest BCUT2D eigenvalue weighted by Crippen LogP contribution is 2.18. The molecule has 0 radical (unpaired) electrons. The zero-order valence-electron chi connectivity index (χ0n) is 9.26. The number of nitrogens with one attached hydrogen (secondary N) is 1. The van der Waals surface area contributed by atoms with E-state index in [-0.39, 0.29) is 0 Å². The average molecular weight is 193 g/mol. The molecule has 0 aliphatic rings. The smallest absolute Gasteiger partial charge is 0.121 e. The van der Waals surface area contributed by atoms with Crippen LogP contribution in [-0.2, 0) is 6.54 Å². The molecule has 0 aliphatic carbocycles. The van der Waals surface area contributed by atoms with Gasteiger partial charge in [-0.25, -0.2) is 0 Å². The van der Waals surface area contributed by atoms with Crippen LogP contribution < -0.4 is 10.1 Å². The van der Waals surface area contributed by atoms with E-state index < -0.39 is 0 Å². The molecular formula is C12H19NO. The van der Waals surface area contributed by atoms with Crippen LogP contribution in [0, 0.1) is 6.92 Å². The molecule has 0 saturated carbocycles. The Labute approximate surface area is 86.3 Å². The summed E-state index contributed by atoms with van der Waals surface area (Å²) in [7, 11) is 1.71. The quantitative estimate of drug-likeness (QED) is 0.725. The SMILES string of the molecule is CCCNCc1ccc(OC)c(C)c1. The molecule has 0 bridgehead atoms. The highest BCUT2D eigenvalue weighted by Gasteiger charge is 1.98. The minimum Gasteiger partial charge on any atom is -0.496 e. The summed E-state index contributed by atoms with van der Waals surface area (Å²) in [5, 5.41) is 3.38. The van der Waals surface area contributed by atoms with Crippen LogP contribution in [-0.4, -0.2) is 13.7 Å². The fourth-order valence-electron chi connectivity index (χ4n) is 1.46. The molecule has 1 N–H and O–H groups in total. The molecule has 78 valence electrons. The van der Waals surface area contributed by atoms with Crippen molar-refractivity contribution in [1.29, 1.82) is 0 Å². The minimum absolute atomic E-state index is 0.943. The number of rotatable bonds is 5. The van der Waals surface area contributed by atoms with Crippen LogP contribution in [0.3, 0.4) is 0 Å². The van der Waals surface area contributed by atoms with Gasteiger partial charge in [-0.3, -0.25) is 0 Å². The second kappa shape index (κ2) is 5.66. The van der Waals surface area contributed by atoms with Gasteiger partial charge in [0.25, 0.3) is 0 Å². The van der Waals surface area contributed by atoms with E-state index in [1.54, 1.807) is 7.11 Å². The van der Waals surface area contributed by atoms with Gasteiger partial charge in [-0.2, -0.15) is 0 Å². The molecule has 0 amide bonds. The highest BCUT2D eigenvalue weighted by molar-refractivity contribution is 5.36. The van der Waals surface area contributed by atoms with E-state index in [0.717, 1.165) is 18.8 Å². The fourth-order valence-corrected chi connectivity index (χ4v) is 1.46. The zero-order chi connectivity index (χ0) is 10.4. The van der Waals surface area contributed by atoms with E-state index in [4.69, 9.17) is 4.74 Å². The molecule has 1 aromatic rings. The van der Waals surface area contributed by atoms with Crippen LogP contribution in [0.15, 0.2) is 18.2 Å². The zero-order valence-corrected chi connectivity index (χ0v) is 9.26. The summed E-state index contributed by atoms with van der Waals surface area (Å²) in [6.45, 7) is 6.26. The van der Waals surface area contributed by atoms with E-state index in [1.165, 1.54) is 17.5 Å².